The summed E-state index contributed by atoms with van der Waals surface area (Å²) in [4.78, 5) is 4.38. The van der Waals surface area contributed by atoms with Crippen molar-refractivity contribution in [2.75, 3.05) is 6.61 Å². The Morgan fingerprint density at radius 1 is 1.00 bits per heavy atom. The van der Waals surface area contributed by atoms with Crippen molar-refractivity contribution in [2.45, 2.75) is 52.4 Å². The molecule has 0 saturated carbocycles. The number of fused-ring (bicyclic) bond motifs is 1. The molecule has 3 heteroatoms. The largest absolute Gasteiger partial charge is 0.506 e. The smallest absolute Gasteiger partial charge is 0.142 e. The average Bonchev–Trinajstić information content (AvgIpc) is 2.49. The van der Waals surface area contributed by atoms with Gasteiger partial charge >= 0.3 is 0 Å². The first-order valence-corrected chi connectivity index (χ1v) is 7.94. The van der Waals surface area contributed by atoms with E-state index in [0.29, 0.717) is 5.52 Å². The van der Waals surface area contributed by atoms with Crippen molar-refractivity contribution in [3.8, 4) is 11.5 Å². The van der Waals surface area contributed by atoms with E-state index < -0.39 is 0 Å². The van der Waals surface area contributed by atoms with Crippen LogP contribution in [0.1, 0.15) is 51.1 Å². The van der Waals surface area contributed by atoms with Crippen molar-refractivity contribution < 1.29 is 9.84 Å². The molecule has 0 radical (unpaired) electrons. The van der Waals surface area contributed by atoms with Gasteiger partial charge in [-0.15, -0.1) is 0 Å². The summed E-state index contributed by atoms with van der Waals surface area (Å²) in [5, 5.41) is 10.8. The van der Waals surface area contributed by atoms with Crippen LogP contribution in [0.2, 0.25) is 0 Å². The van der Waals surface area contributed by atoms with Gasteiger partial charge in [-0.2, -0.15) is 0 Å². The molecule has 1 N–H and O–H groups in total. The summed E-state index contributed by atoms with van der Waals surface area (Å²) in [7, 11) is 0. The molecule has 0 aliphatic rings. The first kappa shape index (κ1) is 15.6. The highest BCUT2D eigenvalue weighted by Crippen LogP contribution is 2.31. The van der Waals surface area contributed by atoms with Crippen LogP contribution >= 0.6 is 0 Å². The van der Waals surface area contributed by atoms with Gasteiger partial charge in [0.2, 0.25) is 0 Å². The summed E-state index contributed by atoms with van der Waals surface area (Å²) in [6, 6.07) is 7.39. The normalized spacial score (nSPS) is 11.0. The van der Waals surface area contributed by atoms with Gasteiger partial charge in [0.25, 0.3) is 0 Å². The van der Waals surface area contributed by atoms with Crippen molar-refractivity contribution in [3.05, 3.63) is 30.0 Å². The van der Waals surface area contributed by atoms with Gasteiger partial charge in [-0.25, -0.2) is 4.98 Å². The highest BCUT2D eigenvalue weighted by atomic mass is 16.5. The number of nitrogens with zero attached hydrogens (tertiary/aromatic N) is 1. The van der Waals surface area contributed by atoms with E-state index in [0.717, 1.165) is 29.9 Å². The number of pyridine rings is 1. The number of aryl methyl sites for hydroxylation is 1. The standard InChI is InChI=1S/C18H25NO2/c1-3-4-5-6-7-8-13-21-17-12-11-16(20)18-15(17)10-9-14(2)19-18/h9-12,20H,3-8,13H2,1-2H3. The molecule has 0 saturated heterocycles. The first-order valence-electron chi connectivity index (χ1n) is 7.94. The summed E-state index contributed by atoms with van der Waals surface area (Å²) in [5.74, 6) is 1.02. The van der Waals surface area contributed by atoms with Gasteiger partial charge in [0.1, 0.15) is 17.0 Å². The van der Waals surface area contributed by atoms with E-state index in [1.807, 2.05) is 25.1 Å². The average molecular weight is 287 g/mol. The molecule has 0 aliphatic heterocycles. The molecule has 21 heavy (non-hydrogen) atoms. The zero-order chi connectivity index (χ0) is 15.1. The Labute approximate surface area is 127 Å². The van der Waals surface area contributed by atoms with Crippen molar-refractivity contribution in [2.24, 2.45) is 0 Å². The number of unbranched alkanes of at least 4 members (excludes halogenated alkanes) is 5. The van der Waals surface area contributed by atoms with Crippen LogP contribution in [0.3, 0.4) is 0 Å². The lowest BCUT2D eigenvalue weighted by Gasteiger charge is -2.10. The van der Waals surface area contributed by atoms with Crippen LogP contribution in [0.4, 0.5) is 0 Å². The van der Waals surface area contributed by atoms with Crippen LogP contribution < -0.4 is 4.74 Å². The molecule has 0 spiro atoms. The molecule has 0 aliphatic carbocycles. The van der Waals surface area contributed by atoms with Crippen LogP contribution in [-0.4, -0.2) is 16.7 Å². The zero-order valence-corrected chi connectivity index (χ0v) is 13.1. The first-order chi connectivity index (χ1) is 10.2. The second-order valence-corrected chi connectivity index (χ2v) is 5.55. The number of hydrogen-bond donors (Lipinski definition) is 1. The van der Waals surface area contributed by atoms with Gasteiger partial charge < -0.3 is 9.84 Å². The van der Waals surface area contributed by atoms with Gasteiger partial charge in [0.15, 0.2) is 0 Å². The molecule has 0 atom stereocenters. The zero-order valence-electron chi connectivity index (χ0n) is 13.1. The van der Waals surface area contributed by atoms with Gasteiger partial charge in [-0.1, -0.05) is 39.0 Å². The Hall–Kier alpha value is -1.77. The number of aromatic hydroxyl groups is 1. The number of benzene rings is 1. The van der Waals surface area contributed by atoms with Gasteiger partial charge in [-0.05, 0) is 37.6 Å². The molecule has 0 unspecified atom stereocenters. The minimum atomic E-state index is 0.209. The Morgan fingerprint density at radius 3 is 2.57 bits per heavy atom. The fourth-order valence-electron chi connectivity index (χ4n) is 2.46. The van der Waals surface area contributed by atoms with Gasteiger partial charge in [0, 0.05) is 11.1 Å². The maximum absolute atomic E-state index is 9.89. The quantitative estimate of drug-likeness (QED) is 0.696. The molecule has 0 amide bonds. The number of ether oxygens (including phenoxy) is 1. The Balaban J connectivity index is 1.92. The van der Waals surface area contributed by atoms with E-state index in [-0.39, 0.29) is 5.75 Å². The third kappa shape index (κ3) is 4.35. The van der Waals surface area contributed by atoms with E-state index in [2.05, 4.69) is 11.9 Å². The summed E-state index contributed by atoms with van der Waals surface area (Å²) >= 11 is 0. The summed E-state index contributed by atoms with van der Waals surface area (Å²) in [6.45, 7) is 4.87. The molecule has 1 aromatic heterocycles. The molecule has 114 valence electrons. The van der Waals surface area contributed by atoms with Crippen LogP contribution in [0.25, 0.3) is 10.9 Å². The van der Waals surface area contributed by atoms with Crippen molar-refractivity contribution in [3.63, 3.8) is 0 Å². The van der Waals surface area contributed by atoms with E-state index in [9.17, 15) is 5.11 Å². The number of phenolic OH excluding ortho intramolecular Hbond substituents is 1. The molecule has 1 heterocycles. The lowest BCUT2D eigenvalue weighted by Crippen LogP contribution is -1.98. The molecule has 2 rings (SSSR count). The summed E-state index contributed by atoms with van der Waals surface area (Å²) < 4.78 is 5.87. The topological polar surface area (TPSA) is 42.4 Å². The number of hydrogen-bond acceptors (Lipinski definition) is 3. The highest BCUT2D eigenvalue weighted by Gasteiger charge is 2.07. The fraction of sp³-hybridized carbons (Fsp3) is 0.500. The third-order valence-electron chi connectivity index (χ3n) is 3.69. The number of aromatic nitrogens is 1. The monoisotopic (exact) mass is 287 g/mol. The number of phenols is 1. The maximum atomic E-state index is 9.89. The molecular weight excluding hydrogens is 262 g/mol. The molecule has 3 nitrogen and oxygen atoms in total. The predicted octanol–water partition coefficient (Wildman–Crippen LogP) is 4.99. The summed E-state index contributed by atoms with van der Waals surface area (Å²) in [6.07, 6.45) is 7.51. The number of rotatable bonds is 8. The van der Waals surface area contributed by atoms with E-state index in [4.69, 9.17) is 4.74 Å². The van der Waals surface area contributed by atoms with E-state index in [1.165, 1.54) is 32.1 Å². The summed E-state index contributed by atoms with van der Waals surface area (Å²) in [5.41, 5.74) is 1.52. The lowest BCUT2D eigenvalue weighted by atomic mass is 10.1. The van der Waals surface area contributed by atoms with Gasteiger partial charge in [0.05, 0.1) is 6.61 Å². The molecule has 0 bridgehead atoms. The second-order valence-electron chi connectivity index (χ2n) is 5.55. The Kier molecular flexibility index (Phi) is 5.85. The molecule has 1 aromatic carbocycles. The predicted molar refractivity (Wildman–Crippen MR) is 87.0 cm³/mol. The highest BCUT2D eigenvalue weighted by molar-refractivity contribution is 5.89. The SMILES string of the molecule is CCCCCCCCOc1ccc(O)c2nc(C)ccc12. The van der Waals surface area contributed by atoms with Crippen molar-refractivity contribution in [1.29, 1.82) is 0 Å². The molecule has 2 aromatic rings. The van der Waals surface area contributed by atoms with Crippen LogP contribution in [0.5, 0.6) is 11.5 Å². The minimum Gasteiger partial charge on any atom is -0.506 e. The Morgan fingerprint density at radius 2 is 1.76 bits per heavy atom. The lowest BCUT2D eigenvalue weighted by molar-refractivity contribution is 0.307. The molecular formula is C18H25NO2. The van der Waals surface area contributed by atoms with E-state index >= 15 is 0 Å². The van der Waals surface area contributed by atoms with Crippen molar-refractivity contribution >= 4 is 10.9 Å². The van der Waals surface area contributed by atoms with Crippen molar-refractivity contribution in [1.82, 2.24) is 4.98 Å². The van der Waals surface area contributed by atoms with Crippen LogP contribution in [0.15, 0.2) is 24.3 Å². The molecule has 0 fully saturated rings. The third-order valence-corrected chi connectivity index (χ3v) is 3.69. The second kappa shape index (κ2) is 7.87. The van der Waals surface area contributed by atoms with Crippen LogP contribution in [-0.2, 0) is 0 Å². The minimum absolute atomic E-state index is 0.209. The van der Waals surface area contributed by atoms with E-state index in [1.54, 1.807) is 6.07 Å². The van der Waals surface area contributed by atoms with Crippen LogP contribution in [0, 0.1) is 6.92 Å². The Bertz CT molecular complexity index is 581. The maximum Gasteiger partial charge on any atom is 0.142 e. The fourth-order valence-corrected chi connectivity index (χ4v) is 2.46. The van der Waals surface area contributed by atoms with Gasteiger partial charge in [-0.3, -0.25) is 0 Å².